The topological polar surface area (TPSA) is 131 Å². The average Bonchev–Trinajstić information content (AvgIpc) is 3.05. The second kappa shape index (κ2) is 6.05. The van der Waals surface area contributed by atoms with E-state index in [0.29, 0.717) is 5.56 Å². The summed E-state index contributed by atoms with van der Waals surface area (Å²) in [4.78, 5) is 14.4. The summed E-state index contributed by atoms with van der Waals surface area (Å²) in [5, 5.41) is 27.3. The van der Waals surface area contributed by atoms with E-state index in [1.807, 2.05) is 0 Å². The van der Waals surface area contributed by atoms with Crippen LogP contribution in [0.15, 0.2) is 42.5 Å². The molecule has 24 heavy (non-hydrogen) atoms. The number of aromatic amines is 1. The molecule has 0 saturated carbocycles. The van der Waals surface area contributed by atoms with Gasteiger partial charge in [-0.05, 0) is 23.8 Å². The quantitative estimate of drug-likeness (QED) is 0.497. The number of H-pyrrole nitrogens is 1. The molecule has 1 atom stereocenters. The summed E-state index contributed by atoms with van der Waals surface area (Å²) in [5.74, 6) is -0.224. The Kier molecular flexibility index (Phi) is 3.92. The number of nitrogens with one attached hydrogen (secondary N) is 1. The number of phenolic OH excluding ortho intramolecular Hbond substituents is 1. The summed E-state index contributed by atoms with van der Waals surface area (Å²) in [5.41, 5.74) is 6.57. The van der Waals surface area contributed by atoms with Crippen molar-refractivity contribution < 1.29 is 14.4 Å². The largest absolute Gasteiger partial charge is 0.507 e. The zero-order chi connectivity index (χ0) is 17.3. The number of benzene rings is 2. The van der Waals surface area contributed by atoms with Crippen LogP contribution in [-0.4, -0.2) is 25.2 Å². The Morgan fingerprint density at radius 2 is 1.96 bits per heavy atom. The van der Waals surface area contributed by atoms with Crippen LogP contribution in [0.5, 0.6) is 5.75 Å². The minimum Gasteiger partial charge on any atom is -0.507 e. The van der Waals surface area contributed by atoms with Crippen LogP contribution < -0.4 is 5.73 Å². The summed E-state index contributed by atoms with van der Waals surface area (Å²) < 4.78 is 13.0. The third kappa shape index (κ3) is 2.92. The van der Waals surface area contributed by atoms with E-state index in [4.69, 9.17) is 5.73 Å². The molecule has 0 aliphatic rings. The molecule has 0 aliphatic carbocycles. The first-order valence-corrected chi connectivity index (χ1v) is 6.87. The maximum absolute atomic E-state index is 13.0. The molecule has 3 aromatic rings. The first-order chi connectivity index (χ1) is 11.5. The van der Waals surface area contributed by atoms with Gasteiger partial charge in [-0.25, -0.2) is 9.37 Å². The van der Waals surface area contributed by atoms with E-state index in [2.05, 4.69) is 15.2 Å². The highest BCUT2D eigenvalue weighted by Gasteiger charge is 2.18. The highest BCUT2D eigenvalue weighted by molar-refractivity contribution is 5.66. The number of halogens is 1. The van der Waals surface area contributed by atoms with Crippen molar-refractivity contribution in [1.29, 1.82) is 0 Å². The second-order valence-electron chi connectivity index (χ2n) is 5.03. The lowest BCUT2D eigenvalue weighted by Gasteiger charge is -2.08. The van der Waals surface area contributed by atoms with Crippen molar-refractivity contribution in [1.82, 2.24) is 15.2 Å². The van der Waals surface area contributed by atoms with Crippen molar-refractivity contribution >= 4 is 5.69 Å². The molecule has 0 spiro atoms. The molecule has 1 aromatic heterocycles. The minimum absolute atomic E-state index is 0.0729. The Hall–Kier alpha value is -3.33. The smallest absolute Gasteiger partial charge is 0.270 e. The van der Waals surface area contributed by atoms with E-state index in [1.165, 1.54) is 42.5 Å². The van der Waals surface area contributed by atoms with Crippen LogP contribution in [0.25, 0.3) is 11.4 Å². The van der Waals surface area contributed by atoms with Gasteiger partial charge in [0, 0.05) is 12.1 Å². The van der Waals surface area contributed by atoms with Gasteiger partial charge < -0.3 is 10.8 Å². The van der Waals surface area contributed by atoms with Crippen molar-refractivity contribution in [3.8, 4) is 17.1 Å². The second-order valence-corrected chi connectivity index (χ2v) is 5.03. The lowest BCUT2D eigenvalue weighted by atomic mass is 10.1. The van der Waals surface area contributed by atoms with Gasteiger partial charge in [0.15, 0.2) is 5.82 Å². The molecule has 1 unspecified atom stereocenters. The van der Waals surface area contributed by atoms with Crippen LogP contribution in [0.3, 0.4) is 0 Å². The van der Waals surface area contributed by atoms with E-state index in [9.17, 15) is 19.6 Å². The van der Waals surface area contributed by atoms with Gasteiger partial charge in [-0.15, -0.1) is 0 Å². The Bertz CT molecular complexity index is 894. The maximum Gasteiger partial charge on any atom is 0.270 e. The highest BCUT2D eigenvalue weighted by Crippen LogP contribution is 2.31. The van der Waals surface area contributed by atoms with Gasteiger partial charge in [0.2, 0.25) is 0 Å². The maximum atomic E-state index is 13.0. The molecule has 0 bridgehead atoms. The number of non-ortho nitro benzene ring substituents is 1. The first kappa shape index (κ1) is 15.6. The van der Waals surface area contributed by atoms with Crippen LogP contribution in [0.1, 0.15) is 17.4 Å². The third-order valence-corrected chi connectivity index (χ3v) is 3.46. The Labute approximate surface area is 134 Å². The van der Waals surface area contributed by atoms with Crippen LogP contribution >= 0.6 is 0 Å². The Morgan fingerprint density at radius 3 is 2.62 bits per heavy atom. The molecule has 122 valence electrons. The number of phenols is 1. The standard InChI is InChI=1S/C15H12FN5O3/c16-9-3-1-8(2-4-9)13(17)15-18-14(19-20-15)11-7-10(21(23)24)5-6-12(11)22/h1-7,13,22H,17H2,(H,18,19,20). The summed E-state index contributed by atoms with van der Waals surface area (Å²) in [7, 11) is 0. The molecule has 4 N–H and O–H groups in total. The van der Waals surface area contributed by atoms with Crippen LogP contribution in [0.4, 0.5) is 10.1 Å². The minimum atomic E-state index is -0.687. The van der Waals surface area contributed by atoms with Crippen LogP contribution in [-0.2, 0) is 0 Å². The number of aromatic nitrogens is 3. The van der Waals surface area contributed by atoms with E-state index in [0.717, 1.165) is 0 Å². The molecule has 0 amide bonds. The number of nitrogens with two attached hydrogens (primary N) is 1. The molecule has 1 heterocycles. The number of aromatic hydroxyl groups is 1. The first-order valence-electron chi connectivity index (χ1n) is 6.87. The molecule has 0 saturated heterocycles. The number of hydrogen-bond donors (Lipinski definition) is 3. The van der Waals surface area contributed by atoms with Gasteiger partial charge in [0.25, 0.3) is 5.69 Å². The molecule has 8 nitrogen and oxygen atoms in total. The van der Waals surface area contributed by atoms with Crippen molar-refractivity contribution in [2.75, 3.05) is 0 Å². The van der Waals surface area contributed by atoms with E-state index >= 15 is 0 Å². The van der Waals surface area contributed by atoms with Gasteiger partial charge in [0.1, 0.15) is 17.4 Å². The number of rotatable bonds is 4. The Morgan fingerprint density at radius 1 is 1.25 bits per heavy atom. The third-order valence-electron chi connectivity index (χ3n) is 3.46. The summed E-state index contributed by atoms with van der Waals surface area (Å²) in [6.07, 6.45) is 0. The van der Waals surface area contributed by atoms with Gasteiger partial charge in [-0.1, -0.05) is 12.1 Å². The van der Waals surface area contributed by atoms with E-state index in [-0.39, 0.29) is 34.5 Å². The molecule has 2 aromatic carbocycles. The number of hydrogen-bond acceptors (Lipinski definition) is 6. The van der Waals surface area contributed by atoms with Crippen LogP contribution in [0.2, 0.25) is 0 Å². The van der Waals surface area contributed by atoms with Gasteiger partial charge >= 0.3 is 0 Å². The SMILES string of the molecule is NC(c1ccc(F)cc1)c1nc(-c2cc([N+](=O)[O-])ccc2O)n[nH]1. The summed E-state index contributed by atoms with van der Waals surface area (Å²) >= 11 is 0. The fourth-order valence-electron chi connectivity index (χ4n) is 2.18. The zero-order valence-corrected chi connectivity index (χ0v) is 12.2. The molecule has 0 radical (unpaired) electrons. The summed E-state index contributed by atoms with van der Waals surface area (Å²) in [6, 6.07) is 8.46. The molecule has 0 aliphatic heterocycles. The molecule has 3 rings (SSSR count). The number of nitro groups is 1. The monoisotopic (exact) mass is 329 g/mol. The van der Waals surface area contributed by atoms with Gasteiger partial charge in [-0.2, -0.15) is 5.10 Å². The normalized spacial score (nSPS) is 12.1. The fourth-order valence-corrected chi connectivity index (χ4v) is 2.18. The van der Waals surface area contributed by atoms with Gasteiger partial charge in [0.05, 0.1) is 16.5 Å². The summed E-state index contributed by atoms with van der Waals surface area (Å²) in [6.45, 7) is 0. The highest BCUT2D eigenvalue weighted by atomic mass is 19.1. The Balaban J connectivity index is 1.94. The van der Waals surface area contributed by atoms with Crippen molar-refractivity contribution in [3.63, 3.8) is 0 Å². The lowest BCUT2D eigenvalue weighted by Crippen LogP contribution is -2.13. The van der Waals surface area contributed by atoms with Gasteiger partial charge in [-0.3, -0.25) is 15.2 Å². The van der Waals surface area contributed by atoms with E-state index in [1.54, 1.807) is 0 Å². The lowest BCUT2D eigenvalue weighted by molar-refractivity contribution is -0.384. The zero-order valence-electron chi connectivity index (χ0n) is 12.2. The molecule has 9 heteroatoms. The number of nitrogens with zero attached hydrogens (tertiary/aromatic N) is 3. The van der Waals surface area contributed by atoms with E-state index < -0.39 is 11.0 Å². The van der Waals surface area contributed by atoms with Crippen molar-refractivity contribution in [2.24, 2.45) is 5.73 Å². The van der Waals surface area contributed by atoms with Crippen molar-refractivity contribution in [2.45, 2.75) is 6.04 Å². The van der Waals surface area contributed by atoms with Crippen molar-refractivity contribution in [3.05, 3.63) is 69.8 Å². The number of nitro benzene ring substituents is 1. The predicted molar refractivity (Wildman–Crippen MR) is 82.6 cm³/mol. The molecular formula is C15H12FN5O3. The fraction of sp³-hybridized carbons (Fsp3) is 0.0667. The molecule has 0 fully saturated rings. The van der Waals surface area contributed by atoms with Crippen LogP contribution in [0, 0.1) is 15.9 Å². The molecular weight excluding hydrogens is 317 g/mol. The predicted octanol–water partition coefficient (Wildman–Crippen LogP) is 2.27. The average molecular weight is 329 g/mol.